The van der Waals surface area contributed by atoms with Crippen LogP contribution in [-0.4, -0.2) is 24.4 Å². The summed E-state index contributed by atoms with van der Waals surface area (Å²) in [6.45, 7) is 1.67. The van der Waals surface area contributed by atoms with Crippen molar-refractivity contribution in [2.45, 2.75) is 19.8 Å². The van der Waals surface area contributed by atoms with Gasteiger partial charge >= 0.3 is 5.97 Å². The van der Waals surface area contributed by atoms with Crippen molar-refractivity contribution in [3.8, 4) is 12.1 Å². The van der Waals surface area contributed by atoms with Gasteiger partial charge in [0.2, 0.25) is 11.8 Å². The molecule has 1 aliphatic carbocycles. The molecule has 7 nitrogen and oxygen atoms in total. The van der Waals surface area contributed by atoms with E-state index in [4.69, 9.17) is 4.74 Å². The number of ether oxygens (including phenoxy) is 1. The number of benzene rings is 2. The van der Waals surface area contributed by atoms with Crippen LogP contribution in [0.5, 0.6) is 0 Å². The van der Waals surface area contributed by atoms with Crippen LogP contribution < -0.4 is 4.90 Å². The zero-order valence-electron chi connectivity index (χ0n) is 17.7. The Labute approximate surface area is 189 Å². The number of hydrogen-bond acceptors (Lipinski definition) is 6. The molecule has 1 unspecified atom stereocenters. The van der Waals surface area contributed by atoms with E-state index in [0.29, 0.717) is 5.56 Å². The number of anilines is 1. The van der Waals surface area contributed by atoms with Gasteiger partial charge in [0.05, 0.1) is 29.8 Å². The Kier molecular flexibility index (Phi) is 5.31. The van der Waals surface area contributed by atoms with Crippen LogP contribution in [0.4, 0.5) is 10.1 Å². The van der Waals surface area contributed by atoms with E-state index in [1.54, 1.807) is 37.3 Å². The first-order chi connectivity index (χ1) is 15.8. The molecule has 0 saturated carbocycles. The molecule has 0 aromatic heterocycles. The smallest absolute Gasteiger partial charge is 0.334 e. The second-order valence-corrected chi connectivity index (χ2v) is 7.86. The van der Waals surface area contributed by atoms with Crippen molar-refractivity contribution in [1.82, 2.24) is 0 Å². The van der Waals surface area contributed by atoms with Gasteiger partial charge in [0, 0.05) is 17.6 Å². The average Bonchev–Trinajstić information content (AvgIpc) is 3.26. The third kappa shape index (κ3) is 3.03. The summed E-state index contributed by atoms with van der Waals surface area (Å²) in [6, 6.07) is 17.1. The summed E-state index contributed by atoms with van der Waals surface area (Å²) in [4.78, 5) is 40.6. The monoisotopic (exact) mass is 443 g/mol. The maximum atomic E-state index is 13.8. The molecule has 1 fully saturated rings. The number of halogens is 1. The van der Waals surface area contributed by atoms with Crippen LogP contribution in [0.25, 0.3) is 5.57 Å². The standard InChI is InChI=1S/C25H18FN3O4/c1-2-33-22(31)19-12-24(25(14-27,15-28)21(19)16-6-4-3-5-7-16)13-20(30)29(23(24)32)18-10-8-17(26)9-11-18/h3-11H,2,12-13H2,1H3. The van der Waals surface area contributed by atoms with E-state index in [0.717, 1.165) is 17.0 Å². The number of nitrogens with zero attached hydrogens (tertiary/aromatic N) is 3. The quantitative estimate of drug-likeness (QED) is 0.528. The molecule has 4 rings (SSSR count). The molecule has 2 aromatic carbocycles. The summed E-state index contributed by atoms with van der Waals surface area (Å²) < 4.78 is 18.6. The molecule has 2 aromatic rings. The minimum atomic E-state index is -2.11. The number of allylic oxidation sites excluding steroid dienone is 1. The lowest BCUT2D eigenvalue weighted by molar-refractivity contribution is -0.138. The summed E-state index contributed by atoms with van der Waals surface area (Å²) in [7, 11) is 0. The molecule has 1 spiro atoms. The lowest BCUT2D eigenvalue weighted by Crippen LogP contribution is -2.44. The van der Waals surface area contributed by atoms with Crippen molar-refractivity contribution in [2.75, 3.05) is 11.5 Å². The highest BCUT2D eigenvalue weighted by Crippen LogP contribution is 2.63. The Bertz CT molecular complexity index is 1260. The Morgan fingerprint density at radius 1 is 1.06 bits per heavy atom. The van der Waals surface area contributed by atoms with Crippen LogP contribution in [0.3, 0.4) is 0 Å². The van der Waals surface area contributed by atoms with Gasteiger partial charge in [-0.25, -0.2) is 14.1 Å². The predicted octanol–water partition coefficient (Wildman–Crippen LogP) is 3.53. The highest BCUT2D eigenvalue weighted by Gasteiger charge is 2.71. The van der Waals surface area contributed by atoms with Crippen LogP contribution in [0.2, 0.25) is 0 Å². The summed E-state index contributed by atoms with van der Waals surface area (Å²) >= 11 is 0. The molecule has 8 heteroatoms. The summed E-state index contributed by atoms with van der Waals surface area (Å²) in [5.74, 6) is -2.72. The van der Waals surface area contributed by atoms with Gasteiger partial charge in [-0.1, -0.05) is 30.3 Å². The second-order valence-electron chi connectivity index (χ2n) is 7.86. The van der Waals surface area contributed by atoms with Crippen LogP contribution in [0.15, 0.2) is 60.2 Å². The van der Waals surface area contributed by atoms with E-state index in [-0.39, 0.29) is 29.9 Å². The zero-order chi connectivity index (χ0) is 23.8. The number of carbonyl (C=O) groups is 3. The molecule has 0 radical (unpaired) electrons. The third-order valence-electron chi connectivity index (χ3n) is 6.19. The normalized spacial score (nSPS) is 21.3. The third-order valence-corrected chi connectivity index (χ3v) is 6.19. The van der Waals surface area contributed by atoms with E-state index in [2.05, 4.69) is 0 Å². The average molecular weight is 443 g/mol. The Balaban J connectivity index is 1.94. The number of esters is 1. The summed E-state index contributed by atoms with van der Waals surface area (Å²) in [6.07, 6.45) is -0.761. The van der Waals surface area contributed by atoms with Crippen molar-refractivity contribution >= 4 is 29.0 Å². The molecule has 33 heavy (non-hydrogen) atoms. The van der Waals surface area contributed by atoms with Gasteiger partial charge in [-0.2, -0.15) is 10.5 Å². The zero-order valence-corrected chi connectivity index (χ0v) is 17.7. The number of nitriles is 2. The minimum absolute atomic E-state index is 0.0215. The number of carbonyl (C=O) groups excluding carboxylic acids is 3. The molecular weight excluding hydrogens is 425 g/mol. The molecular formula is C25H18FN3O4. The molecule has 1 saturated heterocycles. The van der Waals surface area contributed by atoms with Gasteiger partial charge in [0.25, 0.3) is 0 Å². The molecule has 164 valence electrons. The fourth-order valence-electron chi connectivity index (χ4n) is 4.75. The largest absolute Gasteiger partial charge is 0.463 e. The first-order valence-corrected chi connectivity index (χ1v) is 10.3. The lowest BCUT2D eigenvalue weighted by atomic mass is 9.62. The van der Waals surface area contributed by atoms with Gasteiger partial charge in [-0.3, -0.25) is 9.59 Å². The van der Waals surface area contributed by atoms with Crippen molar-refractivity contribution in [1.29, 1.82) is 10.5 Å². The van der Waals surface area contributed by atoms with E-state index in [1.165, 1.54) is 12.1 Å². The molecule has 2 amide bonds. The minimum Gasteiger partial charge on any atom is -0.463 e. The number of hydrogen-bond donors (Lipinski definition) is 0. The lowest BCUT2D eigenvalue weighted by Gasteiger charge is -2.32. The van der Waals surface area contributed by atoms with Crippen molar-refractivity contribution < 1.29 is 23.5 Å². The van der Waals surface area contributed by atoms with Crippen LogP contribution in [0.1, 0.15) is 25.3 Å². The van der Waals surface area contributed by atoms with Crippen LogP contribution in [0, 0.1) is 39.3 Å². The van der Waals surface area contributed by atoms with Crippen molar-refractivity contribution in [3.63, 3.8) is 0 Å². The topological polar surface area (TPSA) is 111 Å². The predicted molar refractivity (Wildman–Crippen MR) is 114 cm³/mol. The second kappa shape index (κ2) is 7.99. The number of imide groups is 1. The fraction of sp³-hybridized carbons (Fsp3) is 0.240. The van der Waals surface area contributed by atoms with E-state index in [9.17, 15) is 29.3 Å². The molecule has 0 bridgehead atoms. The van der Waals surface area contributed by atoms with Crippen molar-refractivity contribution in [2.24, 2.45) is 10.8 Å². The highest BCUT2D eigenvalue weighted by atomic mass is 19.1. The fourth-order valence-corrected chi connectivity index (χ4v) is 4.75. The SMILES string of the molecule is CCOC(=O)C1=C(c2ccccc2)C(C#N)(C#N)C2(CC(=O)N(c3ccc(F)cc3)C2=O)C1. The molecule has 0 N–H and O–H groups in total. The Morgan fingerprint density at radius 2 is 1.70 bits per heavy atom. The molecule has 1 aliphatic heterocycles. The summed E-state index contributed by atoms with van der Waals surface area (Å²) in [5.41, 5.74) is -3.30. The van der Waals surface area contributed by atoms with Crippen molar-refractivity contribution in [3.05, 3.63) is 71.6 Å². The van der Waals surface area contributed by atoms with Gasteiger partial charge in [-0.05, 0) is 43.2 Å². The van der Waals surface area contributed by atoms with E-state index in [1.807, 2.05) is 12.1 Å². The Hall–Kier alpha value is -4.30. The molecule has 1 heterocycles. The van der Waals surface area contributed by atoms with Crippen LogP contribution >= 0.6 is 0 Å². The number of amides is 2. The maximum Gasteiger partial charge on any atom is 0.334 e. The number of rotatable bonds is 4. The highest BCUT2D eigenvalue weighted by molar-refractivity contribution is 6.25. The Morgan fingerprint density at radius 3 is 2.27 bits per heavy atom. The van der Waals surface area contributed by atoms with Gasteiger partial charge in [0.1, 0.15) is 5.82 Å². The summed E-state index contributed by atoms with van der Waals surface area (Å²) in [5, 5.41) is 20.6. The first-order valence-electron chi connectivity index (χ1n) is 10.3. The maximum absolute atomic E-state index is 13.8. The van der Waals surface area contributed by atoms with E-state index < -0.39 is 40.9 Å². The first kappa shape index (κ1) is 21.9. The van der Waals surface area contributed by atoms with Gasteiger partial charge in [0.15, 0.2) is 5.41 Å². The van der Waals surface area contributed by atoms with Crippen LogP contribution in [-0.2, 0) is 19.1 Å². The van der Waals surface area contributed by atoms with E-state index >= 15 is 0 Å². The van der Waals surface area contributed by atoms with Gasteiger partial charge in [-0.15, -0.1) is 0 Å². The van der Waals surface area contributed by atoms with Gasteiger partial charge < -0.3 is 4.74 Å². The molecule has 2 aliphatic rings. The molecule has 1 atom stereocenters.